The number of benzene rings is 3. The SMILES string of the molecule is CCOC(=O)c1c(-c2ccc(Cl)cc2)csc1NC(=O)c1cc(-c2ccc(Cl)cc2)nc2ccccc12. The van der Waals surface area contributed by atoms with Crippen LogP contribution in [0.25, 0.3) is 33.3 Å². The summed E-state index contributed by atoms with van der Waals surface area (Å²) in [6, 6.07) is 23.6. The van der Waals surface area contributed by atoms with Crippen LogP contribution in [-0.2, 0) is 4.74 Å². The third-order valence-corrected chi connectivity index (χ3v) is 7.15. The van der Waals surface area contributed by atoms with E-state index in [2.05, 4.69) is 5.32 Å². The number of thiophene rings is 1. The summed E-state index contributed by atoms with van der Waals surface area (Å²) in [6.45, 7) is 1.95. The zero-order valence-corrected chi connectivity index (χ0v) is 22.0. The van der Waals surface area contributed by atoms with Crippen LogP contribution in [0.15, 0.2) is 84.2 Å². The third kappa shape index (κ3) is 5.23. The third-order valence-electron chi connectivity index (χ3n) is 5.75. The fraction of sp³-hybridized carbons (Fsp3) is 0.0690. The van der Waals surface area contributed by atoms with Crippen LogP contribution < -0.4 is 5.32 Å². The Bertz CT molecular complexity index is 1610. The molecule has 0 unspecified atom stereocenters. The molecule has 2 heterocycles. The largest absolute Gasteiger partial charge is 0.462 e. The number of anilines is 1. The van der Waals surface area contributed by atoms with Crippen molar-refractivity contribution in [1.29, 1.82) is 0 Å². The molecule has 3 aromatic carbocycles. The molecular weight excluding hydrogens is 527 g/mol. The number of ether oxygens (including phenoxy) is 1. The number of aromatic nitrogens is 1. The first kappa shape index (κ1) is 25.0. The summed E-state index contributed by atoms with van der Waals surface area (Å²) in [6.07, 6.45) is 0. The number of amides is 1. The number of hydrogen-bond donors (Lipinski definition) is 1. The van der Waals surface area contributed by atoms with Gasteiger partial charge in [0.05, 0.1) is 23.4 Å². The number of pyridine rings is 1. The van der Waals surface area contributed by atoms with E-state index in [0.717, 1.165) is 11.1 Å². The molecule has 0 atom stereocenters. The lowest BCUT2D eigenvalue weighted by Crippen LogP contribution is -2.15. The molecule has 5 rings (SSSR count). The molecule has 37 heavy (non-hydrogen) atoms. The first-order valence-electron chi connectivity index (χ1n) is 11.5. The second kappa shape index (κ2) is 10.7. The number of para-hydroxylation sites is 1. The number of halogens is 2. The van der Waals surface area contributed by atoms with Gasteiger partial charge in [0.2, 0.25) is 0 Å². The number of rotatable bonds is 6. The van der Waals surface area contributed by atoms with Crippen LogP contribution >= 0.6 is 34.5 Å². The van der Waals surface area contributed by atoms with E-state index in [1.807, 2.05) is 53.9 Å². The lowest BCUT2D eigenvalue weighted by atomic mass is 10.0. The van der Waals surface area contributed by atoms with Crippen LogP contribution in [-0.4, -0.2) is 23.5 Å². The van der Waals surface area contributed by atoms with Gasteiger partial charge < -0.3 is 10.1 Å². The lowest BCUT2D eigenvalue weighted by Gasteiger charge is -2.12. The predicted molar refractivity (Wildman–Crippen MR) is 151 cm³/mol. The van der Waals surface area contributed by atoms with Gasteiger partial charge in [0.25, 0.3) is 5.91 Å². The van der Waals surface area contributed by atoms with Gasteiger partial charge in [-0.1, -0.05) is 65.7 Å². The predicted octanol–water partition coefficient (Wildman–Crippen LogP) is 8.37. The fourth-order valence-electron chi connectivity index (χ4n) is 4.00. The molecule has 8 heteroatoms. The lowest BCUT2D eigenvalue weighted by molar-refractivity contribution is 0.0529. The maximum Gasteiger partial charge on any atom is 0.341 e. The van der Waals surface area contributed by atoms with Crippen LogP contribution in [0.3, 0.4) is 0 Å². The monoisotopic (exact) mass is 546 g/mol. The molecule has 2 aromatic heterocycles. The maximum absolute atomic E-state index is 13.7. The van der Waals surface area contributed by atoms with E-state index in [4.69, 9.17) is 32.9 Å². The number of carbonyl (C=O) groups is 2. The topological polar surface area (TPSA) is 68.3 Å². The normalized spacial score (nSPS) is 10.9. The molecule has 0 aliphatic rings. The minimum absolute atomic E-state index is 0.210. The van der Waals surface area contributed by atoms with Crippen molar-refractivity contribution in [3.63, 3.8) is 0 Å². The molecule has 1 amide bonds. The molecule has 0 fully saturated rings. The average Bonchev–Trinajstić information content (AvgIpc) is 3.32. The summed E-state index contributed by atoms with van der Waals surface area (Å²) in [5.74, 6) is -0.866. The quantitative estimate of drug-likeness (QED) is 0.217. The van der Waals surface area contributed by atoms with Crippen molar-refractivity contribution in [3.8, 4) is 22.4 Å². The second-order valence-corrected chi connectivity index (χ2v) is 9.87. The van der Waals surface area contributed by atoms with Crippen molar-refractivity contribution in [1.82, 2.24) is 4.98 Å². The van der Waals surface area contributed by atoms with Gasteiger partial charge in [-0.2, -0.15) is 0 Å². The van der Waals surface area contributed by atoms with Crippen molar-refractivity contribution < 1.29 is 14.3 Å². The highest BCUT2D eigenvalue weighted by atomic mass is 35.5. The smallest absolute Gasteiger partial charge is 0.341 e. The van der Waals surface area contributed by atoms with E-state index in [0.29, 0.717) is 48.3 Å². The Hall–Kier alpha value is -3.71. The van der Waals surface area contributed by atoms with E-state index in [1.165, 1.54) is 11.3 Å². The van der Waals surface area contributed by atoms with Crippen LogP contribution in [0.5, 0.6) is 0 Å². The van der Waals surface area contributed by atoms with Gasteiger partial charge >= 0.3 is 5.97 Å². The summed E-state index contributed by atoms with van der Waals surface area (Å²) < 4.78 is 5.33. The molecule has 0 saturated carbocycles. The van der Waals surface area contributed by atoms with Crippen LogP contribution in [0, 0.1) is 0 Å². The molecule has 0 bridgehead atoms. The molecule has 0 aliphatic carbocycles. The Morgan fingerprint density at radius 3 is 2.24 bits per heavy atom. The maximum atomic E-state index is 13.7. The number of nitrogens with one attached hydrogen (secondary N) is 1. The first-order valence-corrected chi connectivity index (χ1v) is 13.1. The van der Waals surface area contributed by atoms with Gasteiger partial charge in [-0.25, -0.2) is 9.78 Å². The van der Waals surface area contributed by atoms with Gasteiger partial charge in [0.15, 0.2) is 0 Å². The second-order valence-electron chi connectivity index (χ2n) is 8.11. The average molecular weight is 547 g/mol. The van der Waals surface area contributed by atoms with Gasteiger partial charge in [0.1, 0.15) is 10.6 Å². The van der Waals surface area contributed by atoms with E-state index in [-0.39, 0.29) is 12.5 Å². The molecule has 5 nitrogen and oxygen atoms in total. The number of esters is 1. The van der Waals surface area contributed by atoms with Crippen molar-refractivity contribution in [2.75, 3.05) is 11.9 Å². The van der Waals surface area contributed by atoms with Gasteiger partial charge in [0, 0.05) is 31.9 Å². The highest BCUT2D eigenvalue weighted by Crippen LogP contribution is 2.37. The fourth-order valence-corrected chi connectivity index (χ4v) is 5.20. The Balaban J connectivity index is 1.57. The Morgan fingerprint density at radius 2 is 1.57 bits per heavy atom. The first-order chi connectivity index (χ1) is 17.9. The van der Waals surface area contributed by atoms with Crippen LogP contribution in [0.4, 0.5) is 5.00 Å². The molecule has 0 spiro atoms. The van der Waals surface area contributed by atoms with E-state index in [9.17, 15) is 9.59 Å². The number of nitrogens with zero attached hydrogens (tertiary/aromatic N) is 1. The van der Waals surface area contributed by atoms with Crippen molar-refractivity contribution in [3.05, 3.63) is 105 Å². The summed E-state index contributed by atoms with van der Waals surface area (Å²) in [4.78, 5) is 31.4. The summed E-state index contributed by atoms with van der Waals surface area (Å²) in [5.41, 5.74) is 4.35. The molecule has 1 N–H and O–H groups in total. The molecule has 184 valence electrons. The van der Waals surface area contributed by atoms with Crippen molar-refractivity contribution >= 4 is 62.3 Å². The van der Waals surface area contributed by atoms with Crippen molar-refractivity contribution in [2.45, 2.75) is 6.92 Å². The highest BCUT2D eigenvalue weighted by molar-refractivity contribution is 7.15. The summed E-state index contributed by atoms with van der Waals surface area (Å²) >= 11 is 13.4. The summed E-state index contributed by atoms with van der Waals surface area (Å²) in [7, 11) is 0. The molecule has 0 aliphatic heterocycles. The zero-order valence-electron chi connectivity index (χ0n) is 19.6. The number of hydrogen-bond acceptors (Lipinski definition) is 5. The minimum atomic E-state index is -0.509. The van der Waals surface area contributed by atoms with Crippen LogP contribution in [0.2, 0.25) is 10.0 Å². The van der Waals surface area contributed by atoms with E-state index in [1.54, 1.807) is 37.3 Å². The molecule has 5 aromatic rings. The van der Waals surface area contributed by atoms with Gasteiger partial charge in [-0.3, -0.25) is 4.79 Å². The Kier molecular flexibility index (Phi) is 7.24. The molecular formula is C29H20Cl2N2O3S. The van der Waals surface area contributed by atoms with E-state index < -0.39 is 5.97 Å². The standard InChI is InChI=1S/C29H20Cl2N2O3S/c1-2-36-29(35)26-23(17-7-11-19(30)12-8-17)16-37-28(26)33-27(34)22-15-25(18-9-13-20(31)14-10-18)32-24-6-4-3-5-21(22)24/h3-16H,2H2,1H3,(H,33,34). The zero-order chi connectivity index (χ0) is 25.9. The Labute approximate surface area is 227 Å². The molecule has 0 saturated heterocycles. The van der Waals surface area contributed by atoms with Gasteiger partial charge in [-0.05, 0) is 48.9 Å². The van der Waals surface area contributed by atoms with Crippen molar-refractivity contribution in [2.24, 2.45) is 0 Å². The Morgan fingerprint density at radius 1 is 0.919 bits per heavy atom. The molecule has 0 radical (unpaired) electrons. The van der Waals surface area contributed by atoms with Gasteiger partial charge in [-0.15, -0.1) is 11.3 Å². The number of carbonyl (C=O) groups excluding carboxylic acids is 2. The highest BCUT2D eigenvalue weighted by Gasteiger charge is 2.24. The van der Waals surface area contributed by atoms with Crippen LogP contribution in [0.1, 0.15) is 27.6 Å². The minimum Gasteiger partial charge on any atom is -0.462 e. The number of fused-ring (bicyclic) bond motifs is 1. The van der Waals surface area contributed by atoms with E-state index >= 15 is 0 Å². The summed E-state index contributed by atoms with van der Waals surface area (Å²) in [5, 5.41) is 7.09.